The molecule has 0 fully saturated rings. The summed E-state index contributed by atoms with van der Waals surface area (Å²) in [5.41, 5.74) is 4.18. The van der Waals surface area contributed by atoms with Crippen LogP contribution in [0, 0.1) is 13.8 Å². The van der Waals surface area contributed by atoms with E-state index in [9.17, 15) is 9.59 Å². The second kappa shape index (κ2) is 9.54. The first-order chi connectivity index (χ1) is 14.4. The third-order valence-corrected chi connectivity index (χ3v) is 5.27. The molecule has 1 amide bonds. The predicted molar refractivity (Wildman–Crippen MR) is 118 cm³/mol. The molecule has 156 valence electrons. The lowest BCUT2D eigenvalue weighted by molar-refractivity contribution is -0.115. The number of rotatable bonds is 7. The molecular weight excluding hydrogens is 400 g/mol. The van der Waals surface area contributed by atoms with E-state index in [0.29, 0.717) is 23.1 Å². The van der Waals surface area contributed by atoms with Crippen LogP contribution in [0.15, 0.2) is 47.8 Å². The number of ether oxygens (including phenoxy) is 2. The van der Waals surface area contributed by atoms with Crippen LogP contribution in [0.4, 0.5) is 10.8 Å². The molecule has 0 atom stereocenters. The summed E-state index contributed by atoms with van der Waals surface area (Å²) in [5, 5.41) is 2.48. The molecule has 0 saturated carbocycles. The Kier molecular flexibility index (Phi) is 6.84. The van der Waals surface area contributed by atoms with Gasteiger partial charge in [-0.1, -0.05) is 17.7 Å². The highest BCUT2D eigenvalue weighted by atomic mass is 32.1. The normalized spacial score (nSPS) is 10.5. The number of benzene rings is 2. The van der Waals surface area contributed by atoms with Gasteiger partial charge in [-0.2, -0.15) is 0 Å². The summed E-state index contributed by atoms with van der Waals surface area (Å²) in [6.45, 7) is 7.90. The molecule has 0 unspecified atom stereocenters. The standard InChI is InChI=1S/C23H24N2O4S/c1-5-28-22(27)18-7-9-20(10-8-18)29-13-19-14-30-23(24-19)25(17(4)26)21-11-6-15(2)12-16(21)3/h6-12,14H,5,13H2,1-4H3. The molecule has 0 radical (unpaired) electrons. The van der Waals surface area contributed by atoms with Crippen LogP contribution >= 0.6 is 11.3 Å². The Morgan fingerprint density at radius 2 is 1.83 bits per heavy atom. The first-order valence-electron chi connectivity index (χ1n) is 9.61. The minimum atomic E-state index is -0.357. The van der Waals surface area contributed by atoms with Gasteiger partial charge in [0.1, 0.15) is 12.4 Å². The number of carbonyl (C=O) groups is 2. The Balaban J connectivity index is 1.70. The second-order valence-corrected chi connectivity index (χ2v) is 7.64. The van der Waals surface area contributed by atoms with Crippen molar-refractivity contribution in [2.75, 3.05) is 11.5 Å². The van der Waals surface area contributed by atoms with Gasteiger partial charge in [-0.25, -0.2) is 9.78 Å². The summed E-state index contributed by atoms with van der Waals surface area (Å²) in [4.78, 5) is 30.2. The van der Waals surface area contributed by atoms with E-state index in [4.69, 9.17) is 9.47 Å². The zero-order valence-corrected chi connectivity index (χ0v) is 18.3. The Hall–Kier alpha value is -3.19. The van der Waals surface area contributed by atoms with E-state index >= 15 is 0 Å². The molecule has 0 saturated heterocycles. The van der Waals surface area contributed by atoms with Crippen LogP contribution in [0.3, 0.4) is 0 Å². The number of aromatic nitrogens is 1. The number of anilines is 2. The van der Waals surface area contributed by atoms with Gasteiger partial charge in [-0.3, -0.25) is 9.69 Å². The summed E-state index contributed by atoms with van der Waals surface area (Å²) in [7, 11) is 0. The van der Waals surface area contributed by atoms with Crippen molar-refractivity contribution < 1.29 is 19.1 Å². The second-order valence-electron chi connectivity index (χ2n) is 6.80. The van der Waals surface area contributed by atoms with Gasteiger partial charge in [0.05, 0.1) is 23.6 Å². The summed E-state index contributed by atoms with van der Waals surface area (Å²) in [6, 6.07) is 12.7. The average Bonchev–Trinajstić information content (AvgIpc) is 3.17. The summed E-state index contributed by atoms with van der Waals surface area (Å²) in [6.07, 6.45) is 0. The van der Waals surface area contributed by atoms with Gasteiger partial charge in [0, 0.05) is 12.3 Å². The lowest BCUT2D eigenvalue weighted by Crippen LogP contribution is -2.23. The van der Waals surface area contributed by atoms with Crippen LogP contribution in [0.1, 0.15) is 41.0 Å². The fourth-order valence-corrected chi connectivity index (χ4v) is 3.85. The molecule has 1 aromatic heterocycles. The van der Waals surface area contributed by atoms with Crippen LogP contribution in [0.2, 0.25) is 0 Å². The van der Waals surface area contributed by atoms with Gasteiger partial charge in [-0.05, 0) is 56.7 Å². The molecule has 7 heteroatoms. The minimum absolute atomic E-state index is 0.0988. The molecule has 2 aromatic carbocycles. The smallest absolute Gasteiger partial charge is 0.338 e. The molecule has 0 N–H and O–H groups in total. The minimum Gasteiger partial charge on any atom is -0.487 e. The molecule has 0 bridgehead atoms. The van der Waals surface area contributed by atoms with Crippen LogP contribution in [-0.2, 0) is 16.1 Å². The molecule has 0 aliphatic rings. The van der Waals surface area contributed by atoms with Gasteiger partial charge < -0.3 is 9.47 Å². The average molecular weight is 425 g/mol. The summed E-state index contributed by atoms with van der Waals surface area (Å²) in [5.74, 6) is 0.164. The number of nitrogens with zero attached hydrogens (tertiary/aromatic N) is 2. The van der Waals surface area contributed by atoms with Gasteiger partial charge in [0.25, 0.3) is 0 Å². The van der Waals surface area contributed by atoms with E-state index in [2.05, 4.69) is 4.98 Å². The van der Waals surface area contributed by atoms with Gasteiger partial charge in [0.15, 0.2) is 5.13 Å². The number of amides is 1. The first-order valence-corrected chi connectivity index (χ1v) is 10.5. The van der Waals surface area contributed by atoms with Crippen LogP contribution < -0.4 is 9.64 Å². The van der Waals surface area contributed by atoms with Crippen molar-refractivity contribution in [3.63, 3.8) is 0 Å². The third kappa shape index (κ3) is 5.04. The van der Waals surface area contributed by atoms with Crippen molar-refractivity contribution in [3.05, 3.63) is 70.2 Å². The van der Waals surface area contributed by atoms with Crippen LogP contribution in [0.25, 0.3) is 0 Å². The van der Waals surface area contributed by atoms with Gasteiger partial charge in [0.2, 0.25) is 5.91 Å². The Bertz CT molecular complexity index is 1040. The molecule has 1 heterocycles. The number of thiazole rings is 1. The Morgan fingerprint density at radius 1 is 1.10 bits per heavy atom. The van der Waals surface area contributed by atoms with Crippen molar-refractivity contribution in [1.29, 1.82) is 0 Å². The van der Waals surface area contributed by atoms with E-state index in [1.165, 1.54) is 18.3 Å². The quantitative estimate of drug-likeness (QED) is 0.488. The highest BCUT2D eigenvalue weighted by Crippen LogP contribution is 2.32. The third-order valence-electron chi connectivity index (χ3n) is 4.39. The molecule has 0 aliphatic heterocycles. The summed E-state index contributed by atoms with van der Waals surface area (Å²) >= 11 is 1.39. The summed E-state index contributed by atoms with van der Waals surface area (Å²) < 4.78 is 10.7. The van der Waals surface area contributed by atoms with E-state index < -0.39 is 0 Å². The van der Waals surface area contributed by atoms with Crippen molar-refractivity contribution in [2.45, 2.75) is 34.3 Å². The highest BCUT2D eigenvalue weighted by molar-refractivity contribution is 7.14. The number of hydrogen-bond acceptors (Lipinski definition) is 6. The van der Waals surface area contributed by atoms with E-state index in [-0.39, 0.29) is 18.5 Å². The van der Waals surface area contributed by atoms with Crippen LogP contribution in [0.5, 0.6) is 5.75 Å². The largest absolute Gasteiger partial charge is 0.487 e. The van der Waals surface area contributed by atoms with E-state index in [1.807, 2.05) is 37.4 Å². The first kappa shape index (κ1) is 21.5. The van der Waals surface area contributed by atoms with Gasteiger partial charge in [-0.15, -0.1) is 11.3 Å². The highest BCUT2D eigenvalue weighted by Gasteiger charge is 2.20. The van der Waals surface area contributed by atoms with Crippen molar-refractivity contribution in [1.82, 2.24) is 4.98 Å². The monoisotopic (exact) mass is 424 g/mol. The SMILES string of the molecule is CCOC(=O)c1ccc(OCc2csc(N(C(C)=O)c3ccc(C)cc3C)n2)cc1. The molecule has 3 rings (SSSR count). The van der Waals surface area contributed by atoms with E-state index in [1.54, 1.807) is 36.1 Å². The molecule has 0 aliphatic carbocycles. The molecule has 0 spiro atoms. The molecule has 6 nitrogen and oxygen atoms in total. The number of carbonyl (C=O) groups excluding carboxylic acids is 2. The zero-order valence-electron chi connectivity index (χ0n) is 17.5. The Labute approximate surface area is 180 Å². The van der Waals surface area contributed by atoms with Crippen LogP contribution in [-0.4, -0.2) is 23.5 Å². The number of esters is 1. The number of hydrogen-bond donors (Lipinski definition) is 0. The van der Waals surface area contributed by atoms with Gasteiger partial charge >= 0.3 is 5.97 Å². The maximum atomic E-state index is 12.3. The lowest BCUT2D eigenvalue weighted by Gasteiger charge is -2.20. The fourth-order valence-electron chi connectivity index (χ4n) is 2.99. The maximum absolute atomic E-state index is 12.3. The lowest BCUT2D eigenvalue weighted by atomic mass is 10.1. The Morgan fingerprint density at radius 3 is 2.47 bits per heavy atom. The predicted octanol–water partition coefficient (Wildman–Crippen LogP) is 5.20. The van der Waals surface area contributed by atoms with E-state index in [0.717, 1.165) is 22.5 Å². The topological polar surface area (TPSA) is 68.7 Å². The molecule has 3 aromatic rings. The fraction of sp³-hybridized carbons (Fsp3) is 0.261. The van der Waals surface area contributed by atoms with Crippen molar-refractivity contribution in [3.8, 4) is 5.75 Å². The maximum Gasteiger partial charge on any atom is 0.338 e. The molecular formula is C23H24N2O4S. The molecule has 30 heavy (non-hydrogen) atoms. The van der Waals surface area contributed by atoms with Crippen molar-refractivity contribution >= 4 is 34.0 Å². The van der Waals surface area contributed by atoms with Crippen molar-refractivity contribution in [2.24, 2.45) is 0 Å². The zero-order chi connectivity index (χ0) is 21.7. The number of aryl methyl sites for hydroxylation is 2.